The molecule has 0 unspecified atom stereocenters. The summed E-state index contributed by atoms with van der Waals surface area (Å²) >= 11 is 6.81. The Morgan fingerprint density at radius 2 is 0.711 bits per heavy atom. The summed E-state index contributed by atoms with van der Waals surface area (Å²) in [6, 6.07) is 101. The fraction of sp³-hybridized carbons (Fsp3) is 0.0769. The molecule has 0 N–H and O–H groups in total. The second kappa shape index (κ2) is 20.7. The highest BCUT2D eigenvalue weighted by Crippen LogP contribution is 2.55. The monoisotopic (exact) mass is 1260 g/mol. The van der Waals surface area contributed by atoms with Gasteiger partial charge in [0, 0.05) is 43.9 Å². The highest BCUT2D eigenvalue weighted by atomic mass is 35.5. The van der Waals surface area contributed by atoms with E-state index in [2.05, 4.69) is 311 Å². The molecule has 0 saturated carbocycles. The van der Waals surface area contributed by atoms with Gasteiger partial charge < -0.3 is 0 Å². The van der Waals surface area contributed by atoms with Crippen molar-refractivity contribution in [3.63, 3.8) is 0 Å². The van der Waals surface area contributed by atoms with Crippen LogP contribution in [0, 0.1) is 0 Å². The predicted octanol–water partition coefficient (Wildman–Crippen LogP) is 23.8. The van der Waals surface area contributed by atoms with E-state index in [4.69, 9.17) is 31.5 Å². The molecule has 0 aliphatic heterocycles. The average molecular weight is 1260 g/mol. The van der Waals surface area contributed by atoms with E-state index in [1.807, 2.05) is 0 Å². The molecule has 5 nitrogen and oxygen atoms in total. The normalized spacial score (nSPS) is 13.7. The lowest BCUT2D eigenvalue weighted by molar-refractivity contribution is 0.635. The highest BCUT2D eigenvalue weighted by molar-refractivity contribution is 6.33. The second-order valence-electron chi connectivity index (χ2n) is 27.6. The lowest BCUT2D eigenvalue weighted by atomic mass is 9.85. The van der Waals surface area contributed by atoms with Gasteiger partial charge in [-0.3, -0.25) is 4.57 Å². The van der Waals surface area contributed by atoms with Crippen LogP contribution < -0.4 is 0 Å². The predicted molar refractivity (Wildman–Crippen MR) is 403 cm³/mol. The summed E-state index contributed by atoms with van der Waals surface area (Å²) < 4.78 is 2.37. The molecule has 3 heterocycles. The molecule has 14 aromatic carbocycles. The van der Waals surface area contributed by atoms with E-state index < -0.39 is 0 Å². The molecule has 5 aliphatic carbocycles. The van der Waals surface area contributed by atoms with Gasteiger partial charge in [0.15, 0.2) is 11.0 Å². The van der Waals surface area contributed by atoms with Crippen LogP contribution in [0.25, 0.3) is 171 Å². The minimum atomic E-state index is -0.283. The fourth-order valence-corrected chi connectivity index (χ4v) is 17.3. The van der Waals surface area contributed by atoms with Crippen LogP contribution >= 0.6 is 11.6 Å². The summed E-state index contributed by atoms with van der Waals surface area (Å²) in [6.07, 6.45) is 1.08. The van der Waals surface area contributed by atoms with Crippen LogP contribution in [-0.4, -0.2) is 24.5 Å². The van der Waals surface area contributed by atoms with E-state index >= 15 is 0 Å². The molecule has 0 atom stereocenters. The SMILES string of the molecule is CC1(C)c2ccccc2-c2nc(-n3c4ccccc4c4cc5ccccc5cc43)c(-c3ccc4c5c(cccc35)-c3ccccc3-4)nc21.CC1(C)c2ccccc2-c2nc(Cl)c(-c3ccc4c5c(cccc35)-c3ccccc3-4)nc21.c1ccc2c(c1)Cc1cc3ccccc3cc1-2. The molecule has 5 aliphatic rings. The van der Waals surface area contributed by atoms with Gasteiger partial charge in [0.1, 0.15) is 11.4 Å². The van der Waals surface area contributed by atoms with Gasteiger partial charge in [-0.2, -0.15) is 0 Å². The Morgan fingerprint density at radius 3 is 1.31 bits per heavy atom. The summed E-state index contributed by atoms with van der Waals surface area (Å²) in [7, 11) is 0. The van der Waals surface area contributed by atoms with Crippen LogP contribution in [0.5, 0.6) is 0 Å². The molecule has 22 rings (SSSR count). The maximum absolute atomic E-state index is 6.81. The van der Waals surface area contributed by atoms with Gasteiger partial charge in [-0.1, -0.05) is 294 Å². The van der Waals surface area contributed by atoms with Crippen molar-refractivity contribution in [1.29, 1.82) is 0 Å². The number of rotatable bonds is 3. The molecule has 97 heavy (non-hydrogen) atoms. The number of nitrogens with zero attached hydrogens (tertiary/aromatic N) is 5. The first kappa shape index (κ1) is 55.8. The Bertz CT molecular complexity index is 6270. The molecule has 0 fully saturated rings. The van der Waals surface area contributed by atoms with Crippen molar-refractivity contribution in [3.8, 4) is 106 Å². The third kappa shape index (κ3) is 8.07. The quantitative estimate of drug-likeness (QED) is 0.177. The van der Waals surface area contributed by atoms with Crippen molar-refractivity contribution in [3.05, 3.63) is 318 Å². The number of fused-ring (bicyclic) bond motifs is 20. The maximum Gasteiger partial charge on any atom is 0.165 e. The minimum Gasteiger partial charge on any atom is -0.292 e. The van der Waals surface area contributed by atoms with Crippen molar-refractivity contribution in [2.45, 2.75) is 44.9 Å². The van der Waals surface area contributed by atoms with Gasteiger partial charge in [-0.15, -0.1) is 0 Å². The summed E-state index contributed by atoms with van der Waals surface area (Å²) in [5.74, 6) is 0.860. The van der Waals surface area contributed by atoms with Gasteiger partial charge in [0.25, 0.3) is 0 Å². The van der Waals surface area contributed by atoms with Crippen LogP contribution in [0.1, 0.15) is 61.3 Å². The van der Waals surface area contributed by atoms with Gasteiger partial charge >= 0.3 is 0 Å². The highest BCUT2D eigenvalue weighted by Gasteiger charge is 2.41. The van der Waals surface area contributed by atoms with Crippen LogP contribution in [0.3, 0.4) is 0 Å². The summed E-state index contributed by atoms with van der Waals surface area (Å²) in [5.41, 5.74) is 30.3. The number of para-hydroxylation sites is 1. The number of hydrogen-bond acceptors (Lipinski definition) is 4. The first-order valence-electron chi connectivity index (χ1n) is 33.6. The molecule has 6 heteroatoms. The molecule has 0 radical (unpaired) electrons. The number of benzene rings is 14. The molecular weight excluding hydrogens is 1200 g/mol. The molecule has 0 saturated heterocycles. The largest absolute Gasteiger partial charge is 0.292 e. The molecule has 0 spiro atoms. The van der Waals surface area contributed by atoms with Gasteiger partial charge in [0.05, 0.1) is 33.8 Å². The lowest BCUT2D eigenvalue weighted by Crippen LogP contribution is -2.18. The maximum atomic E-state index is 6.81. The Balaban J connectivity index is 0.000000111. The van der Waals surface area contributed by atoms with Gasteiger partial charge in [-0.25, -0.2) is 19.9 Å². The Kier molecular flexibility index (Phi) is 11.9. The topological polar surface area (TPSA) is 56.5 Å². The van der Waals surface area contributed by atoms with Crippen molar-refractivity contribution >= 4 is 76.5 Å². The zero-order chi connectivity index (χ0) is 64.6. The van der Waals surface area contributed by atoms with E-state index in [1.165, 1.54) is 137 Å². The van der Waals surface area contributed by atoms with E-state index in [0.717, 1.165) is 74.1 Å². The average Bonchev–Trinajstić information content (AvgIpc) is 1.57. The molecule has 0 bridgehead atoms. The third-order valence-electron chi connectivity index (χ3n) is 21.6. The van der Waals surface area contributed by atoms with Crippen LogP contribution in [-0.2, 0) is 17.3 Å². The van der Waals surface area contributed by atoms with Crippen molar-refractivity contribution < 1.29 is 0 Å². The first-order valence-corrected chi connectivity index (χ1v) is 34.0. The zero-order valence-corrected chi connectivity index (χ0v) is 54.6. The number of aromatic nitrogens is 5. The smallest absolute Gasteiger partial charge is 0.165 e. The summed E-state index contributed by atoms with van der Waals surface area (Å²) in [6.45, 7) is 9.00. The minimum absolute atomic E-state index is 0.219. The molecule has 17 aromatic rings. The van der Waals surface area contributed by atoms with E-state index in [1.54, 1.807) is 0 Å². The molecular formula is C91H60ClN5. The zero-order valence-electron chi connectivity index (χ0n) is 53.9. The third-order valence-corrected chi connectivity index (χ3v) is 21.9. The Morgan fingerprint density at radius 1 is 0.289 bits per heavy atom. The van der Waals surface area contributed by atoms with E-state index in [0.29, 0.717) is 5.15 Å². The van der Waals surface area contributed by atoms with E-state index in [-0.39, 0.29) is 10.8 Å². The standard InChI is InChI=1S/C45H29N3.C29H19ClN2.C17H12/c1-45(2)37-20-9-7-17-35(37)41-43(45)46-42(34-23-22-33-29-15-6-5-14-28(29)31-18-11-19-32(34)40(31)33)44(47-41)48-38-21-10-8-16-30(38)36-24-26-12-3-4-13-27(26)25-39(36)48;1-29(2)23-13-6-5-10-22(23)25-27(29)31-26(28(30)32-25)21-15-14-20-17-9-4-3-8-16(17)18-11-7-12-19(21)24(18)20;1-2-6-13-11-17-15(9-12(13)5-1)10-14-7-3-4-8-16(14)17/h3-25H,1-2H3;3-15H,1-2H3;1-9,11H,10H2. The van der Waals surface area contributed by atoms with Crippen LogP contribution in [0.2, 0.25) is 5.15 Å². The summed E-state index contributed by atoms with van der Waals surface area (Å²) in [5, 5.41) is 12.9. The number of halogens is 1. The fourth-order valence-electron chi connectivity index (χ4n) is 17.1. The van der Waals surface area contributed by atoms with Crippen molar-refractivity contribution in [1.82, 2.24) is 24.5 Å². The molecule has 456 valence electrons. The first-order chi connectivity index (χ1) is 47.5. The second-order valence-corrected chi connectivity index (χ2v) is 28.0. The lowest BCUT2D eigenvalue weighted by Gasteiger charge is -2.22. The van der Waals surface area contributed by atoms with Gasteiger partial charge in [-0.05, 0) is 152 Å². The van der Waals surface area contributed by atoms with Crippen LogP contribution in [0.15, 0.2) is 279 Å². The van der Waals surface area contributed by atoms with Crippen molar-refractivity contribution in [2.24, 2.45) is 0 Å². The van der Waals surface area contributed by atoms with Crippen LogP contribution in [0.4, 0.5) is 0 Å². The molecule has 3 aromatic heterocycles. The molecule has 0 amide bonds. The summed E-state index contributed by atoms with van der Waals surface area (Å²) in [4.78, 5) is 21.5. The number of hydrogen-bond donors (Lipinski definition) is 0. The van der Waals surface area contributed by atoms with E-state index in [9.17, 15) is 0 Å². The van der Waals surface area contributed by atoms with Gasteiger partial charge in [0.2, 0.25) is 0 Å². The van der Waals surface area contributed by atoms with Crippen molar-refractivity contribution in [2.75, 3.05) is 0 Å². The Hall–Kier alpha value is -11.6. The Labute approximate surface area is 566 Å².